The smallest absolute Gasteiger partial charge is 0.262 e. The number of thiophene rings is 1. The van der Waals surface area contributed by atoms with E-state index in [0.717, 1.165) is 26.6 Å². The largest absolute Gasteiger partial charge is 0.496 e. The quantitative estimate of drug-likeness (QED) is 0.377. The Balaban J connectivity index is 1.36. The van der Waals surface area contributed by atoms with Gasteiger partial charge in [0.15, 0.2) is 0 Å². The summed E-state index contributed by atoms with van der Waals surface area (Å²) in [5.41, 5.74) is 4.05. The average molecular weight is 502 g/mol. The van der Waals surface area contributed by atoms with Crippen LogP contribution in [0.4, 0.5) is 0 Å². The molecule has 1 aliphatic rings. The number of nitrogens with zero attached hydrogens (tertiary/aromatic N) is 3. The Kier molecular flexibility index (Phi) is 6.43. The van der Waals surface area contributed by atoms with Crippen molar-refractivity contribution < 1.29 is 9.53 Å². The minimum absolute atomic E-state index is 0.00931. The number of fused-ring (bicyclic) bond motifs is 3. The maximum Gasteiger partial charge on any atom is 0.262 e. The van der Waals surface area contributed by atoms with Crippen molar-refractivity contribution >= 4 is 27.5 Å². The molecule has 0 radical (unpaired) electrons. The molecule has 1 amide bonds. The highest BCUT2D eigenvalue weighted by Gasteiger charge is 2.27. The Morgan fingerprint density at radius 2 is 1.86 bits per heavy atom. The van der Waals surface area contributed by atoms with Crippen LogP contribution < -0.4 is 10.3 Å². The molecule has 186 valence electrons. The monoisotopic (exact) mass is 501 g/mol. The molecule has 0 saturated heterocycles. The van der Waals surface area contributed by atoms with Crippen LogP contribution in [0.2, 0.25) is 0 Å². The van der Waals surface area contributed by atoms with E-state index in [0.29, 0.717) is 43.4 Å². The predicted molar refractivity (Wildman–Crippen MR) is 144 cm³/mol. The lowest BCUT2D eigenvalue weighted by Crippen LogP contribution is -2.35. The van der Waals surface area contributed by atoms with Crippen molar-refractivity contribution in [1.29, 1.82) is 0 Å². The third-order valence-electron chi connectivity index (χ3n) is 6.93. The van der Waals surface area contributed by atoms with E-state index in [-0.39, 0.29) is 16.9 Å². The molecule has 6 nitrogen and oxygen atoms in total. The number of hydrogen-bond acceptors (Lipinski definition) is 5. The second kappa shape index (κ2) is 9.54. The molecule has 2 aromatic carbocycles. The highest BCUT2D eigenvalue weighted by Crippen LogP contribution is 2.33. The first-order valence-electron chi connectivity index (χ1n) is 12.3. The zero-order chi connectivity index (χ0) is 25.4. The minimum atomic E-state index is -0.00931. The van der Waals surface area contributed by atoms with Crippen molar-refractivity contribution in [2.75, 3.05) is 13.7 Å². The summed E-state index contributed by atoms with van der Waals surface area (Å²) < 4.78 is 7.14. The molecule has 0 unspecified atom stereocenters. The molecule has 4 aromatic rings. The van der Waals surface area contributed by atoms with Crippen LogP contribution in [0.15, 0.2) is 59.7 Å². The fourth-order valence-corrected chi connectivity index (χ4v) is 5.99. The van der Waals surface area contributed by atoms with Gasteiger partial charge in [0.25, 0.3) is 11.5 Å². The molecule has 1 aliphatic heterocycles. The van der Waals surface area contributed by atoms with Crippen molar-refractivity contribution in [3.8, 4) is 5.75 Å². The predicted octanol–water partition coefficient (Wildman–Crippen LogP) is 5.21. The van der Waals surface area contributed by atoms with Crippen LogP contribution >= 0.6 is 11.3 Å². The van der Waals surface area contributed by atoms with Crippen molar-refractivity contribution in [3.63, 3.8) is 0 Å². The van der Waals surface area contributed by atoms with Gasteiger partial charge in [-0.1, -0.05) is 51.1 Å². The topological polar surface area (TPSA) is 64.4 Å². The van der Waals surface area contributed by atoms with Crippen LogP contribution in [0.1, 0.15) is 52.7 Å². The molecule has 36 heavy (non-hydrogen) atoms. The van der Waals surface area contributed by atoms with Crippen molar-refractivity contribution in [3.05, 3.63) is 92.3 Å². The fraction of sp³-hybridized carbons (Fsp3) is 0.345. The molecule has 0 spiro atoms. The van der Waals surface area contributed by atoms with E-state index >= 15 is 0 Å². The SMILES string of the molecule is COc1ccccc1CCn1cnc2sc3c(c2c1=O)CCN(C(=O)c1ccc(C(C)(C)C)cc1)C3. The van der Waals surface area contributed by atoms with E-state index in [1.807, 2.05) is 53.4 Å². The van der Waals surface area contributed by atoms with Crippen molar-refractivity contribution in [1.82, 2.24) is 14.5 Å². The molecule has 0 N–H and O–H groups in total. The molecule has 0 atom stereocenters. The normalized spacial score (nSPS) is 13.6. The van der Waals surface area contributed by atoms with Gasteiger partial charge >= 0.3 is 0 Å². The summed E-state index contributed by atoms with van der Waals surface area (Å²) in [7, 11) is 1.66. The summed E-state index contributed by atoms with van der Waals surface area (Å²) in [6.07, 6.45) is 2.98. The molecular formula is C29H31N3O3S. The van der Waals surface area contributed by atoms with Crippen LogP contribution in [0.5, 0.6) is 5.75 Å². The van der Waals surface area contributed by atoms with E-state index in [9.17, 15) is 9.59 Å². The minimum Gasteiger partial charge on any atom is -0.496 e. The molecule has 2 aromatic heterocycles. The maximum absolute atomic E-state index is 13.4. The Morgan fingerprint density at radius 3 is 2.58 bits per heavy atom. The summed E-state index contributed by atoms with van der Waals surface area (Å²) in [6, 6.07) is 15.8. The number of aryl methyl sites for hydroxylation is 2. The molecule has 0 aliphatic carbocycles. The standard InChI is InChI=1S/C29H31N3O3S/c1-29(2,3)21-11-9-20(10-12-21)27(33)31-16-14-22-24(17-31)36-26-25(22)28(34)32(18-30-26)15-13-19-7-5-6-8-23(19)35-4/h5-12,18H,13-17H2,1-4H3. The number of amides is 1. The Bertz CT molecular complexity index is 1480. The first-order chi connectivity index (χ1) is 17.3. The van der Waals surface area contributed by atoms with Gasteiger partial charge in [-0.2, -0.15) is 0 Å². The molecule has 0 bridgehead atoms. The first kappa shape index (κ1) is 24.3. The Morgan fingerprint density at radius 1 is 1.11 bits per heavy atom. The van der Waals surface area contributed by atoms with Gasteiger partial charge in [-0.3, -0.25) is 14.2 Å². The molecular weight excluding hydrogens is 470 g/mol. The number of aromatic nitrogens is 2. The number of benzene rings is 2. The van der Waals surface area contributed by atoms with Crippen molar-refractivity contribution in [2.24, 2.45) is 0 Å². The van der Waals surface area contributed by atoms with Gasteiger partial charge < -0.3 is 9.64 Å². The van der Waals surface area contributed by atoms with Gasteiger partial charge in [-0.15, -0.1) is 11.3 Å². The lowest BCUT2D eigenvalue weighted by molar-refractivity contribution is 0.0737. The van der Waals surface area contributed by atoms with Crippen molar-refractivity contribution in [2.45, 2.75) is 52.1 Å². The maximum atomic E-state index is 13.4. The van der Waals surface area contributed by atoms with E-state index in [4.69, 9.17) is 4.74 Å². The average Bonchev–Trinajstić information content (AvgIpc) is 3.26. The number of carbonyl (C=O) groups excluding carboxylic acids is 1. The van der Waals surface area contributed by atoms with Gasteiger partial charge in [0, 0.05) is 23.5 Å². The van der Waals surface area contributed by atoms with E-state index in [1.54, 1.807) is 18.0 Å². The van der Waals surface area contributed by atoms with Crippen LogP contribution in [-0.4, -0.2) is 34.0 Å². The molecule has 7 heteroatoms. The number of ether oxygens (including phenoxy) is 1. The fourth-order valence-electron chi connectivity index (χ4n) is 4.80. The van der Waals surface area contributed by atoms with Crippen LogP contribution in [0.25, 0.3) is 10.2 Å². The zero-order valence-electron chi connectivity index (χ0n) is 21.2. The highest BCUT2D eigenvalue weighted by molar-refractivity contribution is 7.18. The third kappa shape index (κ3) is 4.55. The molecule has 0 fully saturated rings. The Labute approximate surface area is 215 Å². The number of methoxy groups -OCH3 is 1. The van der Waals surface area contributed by atoms with Gasteiger partial charge in [-0.05, 0) is 53.1 Å². The summed E-state index contributed by atoms with van der Waals surface area (Å²) >= 11 is 1.53. The van der Waals surface area contributed by atoms with E-state index < -0.39 is 0 Å². The van der Waals surface area contributed by atoms with Gasteiger partial charge in [0.05, 0.1) is 25.4 Å². The summed E-state index contributed by atoms with van der Waals surface area (Å²) in [4.78, 5) is 34.9. The van der Waals surface area contributed by atoms with E-state index in [1.165, 1.54) is 16.9 Å². The zero-order valence-corrected chi connectivity index (χ0v) is 22.0. The third-order valence-corrected chi connectivity index (χ3v) is 8.05. The second-order valence-corrected chi connectivity index (χ2v) is 11.4. The number of para-hydroxylation sites is 1. The number of rotatable bonds is 5. The number of hydrogen-bond donors (Lipinski definition) is 0. The second-order valence-electron chi connectivity index (χ2n) is 10.3. The van der Waals surface area contributed by atoms with Crippen LogP contribution in [-0.2, 0) is 31.3 Å². The highest BCUT2D eigenvalue weighted by atomic mass is 32.1. The summed E-state index contributed by atoms with van der Waals surface area (Å²) in [6.45, 7) is 8.13. The molecule has 0 saturated carbocycles. The summed E-state index contributed by atoms with van der Waals surface area (Å²) in [5.74, 6) is 0.853. The first-order valence-corrected chi connectivity index (χ1v) is 13.1. The number of carbonyl (C=O) groups is 1. The summed E-state index contributed by atoms with van der Waals surface area (Å²) in [5, 5.41) is 0.708. The van der Waals surface area contributed by atoms with Crippen LogP contribution in [0.3, 0.4) is 0 Å². The molecule has 5 rings (SSSR count). The van der Waals surface area contributed by atoms with E-state index in [2.05, 4.69) is 25.8 Å². The Hall–Kier alpha value is -3.45. The van der Waals surface area contributed by atoms with Gasteiger partial charge in [0.1, 0.15) is 10.6 Å². The van der Waals surface area contributed by atoms with Crippen LogP contribution in [0, 0.1) is 0 Å². The lowest BCUT2D eigenvalue weighted by atomic mass is 9.86. The van der Waals surface area contributed by atoms with Gasteiger partial charge in [0.2, 0.25) is 0 Å². The van der Waals surface area contributed by atoms with Gasteiger partial charge in [-0.25, -0.2) is 4.98 Å². The lowest BCUT2D eigenvalue weighted by Gasteiger charge is -2.27. The molecule has 3 heterocycles.